The Bertz CT molecular complexity index is 573. The van der Waals surface area contributed by atoms with Gasteiger partial charge < -0.3 is 15.4 Å². The number of ether oxygens (including phenoxy) is 1. The summed E-state index contributed by atoms with van der Waals surface area (Å²) in [6.07, 6.45) is 3.89. The van der Waals surface area contributed by atoms with Crippen molar-refractivity contribution in [2.75, 3.05) is 36.9 Å². The molecule has 0 spiro atoms. The summed E-state index contributed by atoms with van der Waals surface area (Å²) in [5.41, 5.74) is 10.1. The van der Waals surface area contributed by atoms with Crippen molar-refractivity contribution in [3.05, 3.63) is 30.6 Å². The van der Waals surface area contributed by atoms with Crippen molar-refractivity contribution in [2.24, 2.45) is 7.05 Å². The maximum Gasteiger partial charge on any atom is 0.0642 e. The van der Waals surface area contributed by atoms with Crippen molar-refractivity contribution in [3.8, 4) is 11.1 Å². The van der Waals surface area contributed by atoms with E-state index in [-0.39, 0.29) is 0 Å². The second-order valence-electron chi connectivity index (χ2n) is 4.78. The number of aromatic nitrogens is 2. The first-order chi connectivity index (χ1) is 9.24. The van der Waals surface area contributed by atoms with Crippen LogP contribution in [0.5, 0.6) is 0 Å². The van der Waals surface area contributed by atoms with Crippen molar-refractivity contribution in [1.29, 1.82) is 0 Å². The number of aryl methyl sites for hydroxylation is 1. The molecule has 0 amide bonds. The van der Waals surface area contributed by atoms with Gasteiger partial charge in [0, 0.05) is 48.8 Å². The van der Waals surface area contributed by atoms with Gasteiger partial charge in [-0.3, -0.25) is 4.68 Å². The van der Waals surface area contributed by atoms with Crippen LogP contribution in [-0.4, -0.2) is 36.1 Å². The normalized spacial score (nSPS) is 15.7. The van der Waals surface area contributed by atoms with Gasteiger partial charge in [-0.2, -0.15) is 5.10 Å². The Kier molecular flexibility index (Phi) is 3.13. The first kappa shape index (κ1) is 12.0. The number of hydrogen-bond donors (Lipinski definition) is 1. The predicted molar refractivity (Wildman–Crippen MR) is 76.1 cm³/mol. The van der Waals surface area contributed by atoms with Crippen LogP contribution in [0.1, 0.15) is 0 Å². The third-order valence-electron chi connectivity index (χ3n) is 3.39. The van der Waals surface area contributed by atoms with Crippen LogP contribution in [0.3, 0.4) is 0 Å². The van der Waals surface area contributed by atoms with Gasteiger partial charge in [-0.15, -0.1) is 0 Å². The molecule has 1 aliphatic rings. The van der Waals surface area contributed by atoms with Crippen molar-refractivity contribution in [3.63, 3.8) is 0 Å². The Morgan fingerprint density at radius 3 is 2.74 bits per heavy atom. The van der Waals surface area contributed by atoms with Gasteiger partial charge in [0.25, 0.3) is 0 Å². The molecule has 2 N–H and O–H groups in total. The summed E-state index contributed by atoms with van der Waals surface area (Å²) in [6.45, 7) is 3.38. The Balaban J connectivity index is 2.03. The summed E-state index contributed by atoms with van der Waals surface area (Å²) in [5.74, 6) is 0. The van der Waals surface area contributed by atoms with E-state index in [1.54, 1.807) is 0 Å². The van der Waals surface area contributed by atoms with Crippen LogP contribution in [0, 0.1) is 0 Å². The van der Waals surface area contributed by atoms with Gasteiger partial charge in [-0.05, 0) is 18.2 Å². The van der Waals surface area contributed by atoms with E-state index in [0.717, 1.165) is 43.1 Å². The number of rotatable bonds is 2. The fourth-order valence-corrected chi connectivity index (χ4v) is 2.43. The van der Waals surface area contributed by atoms with Crippen LogP contribution < -0.4 is 10.6 Å². The molecule has 0 atom stereocenters. The number of hydrogen-bond acceptors (Lipinski definition) is 4. The van der Waals surface area contributed by atoms with Gasteiger partial charge in [-0.25, -0.2) is 0 Å². The molecule has 0 saturated carbocycles. The van der Waals surface area contributed by atoms with Gasteiger partial charge in [0.2, 0.25) is 0 Å². The van der Waals surface area contributed by atoms with Crippen LogP contribution in [-0.2, 0) is 11.8 Å². The number of nitrogens with two attached hydrogens (primary N) is 1. The van der Waals surface area contributed by atoms with E-state index in [9.17, 15) is 0 Å². The van der Waals surface area contributed by atoms with Gasteiger partial charge in [-0.1, -0.05) is 0 Å². The first-order valence-corrected chi connectivity index (χ1v) is 6.45. The lowest BCUT2D eigenvalue weighted by atomic mass is 10.0. The summed E-state index contributed by atoms with van der Waals surface area (Å²) in [4.78, 5) is 2.34. The lowest BCUT2D eigenvalue weighted by Gasteiger charge is -2.30. The number of nitrogen functional groups attached to an aromatic ring is 1. The molecule has 0 unspecified atom stereocenters. The standard InChI is InChI=1S/C14H18N4O/c1-17-10-11(9-16-17)13-8-12(15)2-3-14(13)18-4-6-19-7-5-18/h2-3,8-10H,4-7,15H2,1H3. The second-order valence-corrected chi connectivity index (χ2v) is 4.78. The quantitative estimate of drug-likeness (QED) is 0.830. The number of morpholine rings is 1. The van der Waals surface area contributed by atoms with Gasteiger partial charge in [0.05, 0.1) is 19.4 Å². The van der Waals surface area contributed by atoms with Gasteiger partial charge in [0.1, 0.15) is 0 Å². The monoisotopic (exact) mass is 258 g/mol. The zero-order valence-electron chi connectivity index (χ0n) is 11.0. The van der Waals surface area contributed by atoms with Gasteiger partial charge in [0.15, 0.2) is 0 Å². The third-order valence-corrected chi connectivity index (χ3v) is 3.39. The minimum Gasteiger partial charge on any atom is -0.399 e. The molecule has 5 nitrogen and oxygen atoms in total. The zero-order chi connectivity index (χ0) is 13.2. The molecule has 0 bridgehead atoms. The summed E-state index contributed by atoms with van der Waals surface area (Å²) >= 11 is 0. The Labute approximate surface area is 112 Å². The molecule has 1 fully saturated rings. The van der Waals surface area contributed by atoms with Crippen LogP contribution in [0.25, 0.3) is 11.1 Å². The molecule has 3 rings (SSSR count). The smallest absolute Gasteiger partial charge is 0.0642 e. The first-order valence-electron chi connectivity index (χ1n) is 6.45. The number of anilines is 2. The third kappa shape index (κ3) is 2.42. The van der Waals surface area contributed by atoms with Crippen molar-refractivity contribution in [1.82, 2.24) is 9.78 Å². The molecule has 1 aromatic carbocycles. The molecular formula is C14H18N4O. The van der Waals surface area contributed by atoms with Crippen LogP contribution >= 0.6 is 0 Å². The fraction of sp³-hybridized carbons (Fsp3) is 0.357. The van der Waals surface area contributed by atoms with E-state index in [4.69, 9.17) is 10.5 Å². The molecule has 5 heteroatoms. The average Bonchev–Trinajstić information content (AvgIpc) is 2.86. The molecule has 2 heterocycles. The van der Waals surface area contributed by atoms with Crippen molar-refractivity contribution < 1.29 is 4.74 Å². The zero-order valence-corrected chi connectivity index (χ0v) is 11.0. The predicted octanol–water partition coefficient (Wildman–Crippen LogP) is 1.51. The lowest BCUT2D eigenvalue weighted by molar-refractivity contribution is 0.123. The molecule has 1 aliphatic heterocycles. The molecule has 0 aliphatic carbocycles. The van der Waals surface area contributed by atoms with E-state index in [0.29, 0.717) is 0 Å². The van der Waals surface area contributed by atoms with Gasteiger partial charge >= 0.3 is 0 Å². The average molecular weight is 258 g/mol. The number of nitrogens with zero attached hydrogens (tertiary/aromatic N) is 3. The maximum atomic E-state index is 5.93. The fourth-order valence-electron chi connectivity index (χ4n) is 2.43. The van der Waals surface area contributed by atoms with Crippen LogP contribution in [0.4, 0.5) is 11.4 Å². The highest BCUT2D eigenvalue weighted by molar-refractivity contribution is 5.80. The molecule has 1 aromatic heterocycles. The highest BCUT2D eigenvalue weighted by Gasteiger charge is 2.16. The lowest BCUT2D eigenvalue weighted by Crippen LogP contribution is -2.36. The summed E-state index contributed by atoms with van der Waals surface area (Å²) in [5, 5.41) is 4.24. The molecular weight excluding hydrogens is 240 g/mol. The Hall–Kier alpha value is -2.01. The van der Waals surface area contributed by atoms with E-state index in [1.807, 2.05) is 36.3 Å². The van der Waals surface area contributed by atoms with Crippen LogP contribution in [0.2, 0.25) is 0 Å². The van der Waals surface area contributed by atoms with E-state index < -0.39 is 0 Å². The summed E-state index contributed by atoms with van der Waals surface area (Å²) in [6, 6.07) is 6.05. The van der Waals surface area contributed by atoms with Crippen LogP contribution in [0.15, 0.2) is 30.6 Å². The highest BCUT2D eigenvalue weighted by Crippen LogP contribution is 2.32. The Morgan fingerprint density at radius 2 is 2.05 bits per heavy atom. The molecule has 1 saturated heterocycles. The minimum atomic E-state index is 0.774. The Morgan fingerprint density at radius 1 is 1.26 bits per heavy atom. The van der Waals surface area contributed by atoms with E-state index in [2.05, 4.69) is 16.1 Å². The van der Waals surface area contributed by atoms with Crippen molar-refractivity contribution in [2.45, 2.75) is 0 Å². The minimum absolute atomic E-state index is 0.774. The van der Waals surface area contributed by atoms with Crippen molar-refractivity contribution >= 4 is 11.4 Å². The molecule has 0 radical (unpaired) electrons. The van der Waals surface area contributed by atoms with E-state index >= 15 is 0 Å². The molecule has 19 heavy (non-hydrogen) atoms. The number of benzene rings is 1. The SMILES string of the molecule is Cn1cc(-c2cc(N)ccc2N2CCOCC2)cn1. The molecule has 100 valence electrons. The topological polar surface area (TPSA) is 56.3 Å². The largest absolute Gasteiger partial charge is 0.399 e. The highest BCUT2D eigenvalue weighted by atomic mass is 16.5. The molecule has 2 aromatic rings. The second kappa shape index (κ2) is 4.93. The van der Waals surface area contributed by atoms with E-state index in [1.165, 1.54) is 5.69 Å². The maximum absolute atomic E-state index is 5.93. The summed E-state index contributed by atoms with van der Waals surface area (Å²) in [7, 11) is 1.92. The summed E-state index contributed by atoms with van der Waals surface area (Å²) < 4.78 is 7.22.